The van der Waals surface area contributed by atoms with Crippen LogP contribution in [0.4, 0.5) is 5.69 Å². The van der Waals surface area contributed by atoms with Gasteiger partial charge < -0.3 is 15.0 Å². The van der Waals surface area contributed by atoms with E-state index in [9.17, 15) is 9.90 Å². The molecule has 19 heavy (non-hydrogen) atoms. The van der Waals surface area contributed by atoms with Crippen LogP contribution >= 0.6 is 0 Å². The summed E-state index contributed by atoms with van der Waals surface area (Å²) in [6.07, 6.45) is 5.48. The number of para-hydroxylation sites is 2. The molecule has 2 aromatic rings. The van der Waals surface area contributed by atoms with Gasteiger partial charge in [-0.1, -0.05) is 12.1 Å². The fraction of sp³-hybridized carbons (Fsp3) is 0.286. The number of benzene rings is 1. The van der Waals surface area contributed by atoms with Crippen LogP contribution in [0.1, 0.15) is 19.8 Å². The molecule has 0 aliphatic rings. The van der Waals surface area contributed by atoms with E-state index >= 15 is 0 Å². The topological polar surface area (TPSA) is 67.2 Å². The number of nitrogens with one attached hydrogen (secondary N) is 1. The van der Waals surface area contributed by atoms with Crippen LogP contribution in [-0.2, 0) is 4.79 Å². The van der Waals surface area contributed by atoms with Crippen molar-refractivity contribution in [2.45, 2.75) is 25.9 Å². The Kier molecular flexibility index (Phi) is 4.30. The fourth-order valence-electron chi connectivity index (χ4n) is 1.76. The van der Waals surface area contributed by atoms with Crippen LogP contribution in [0.15, 0.2) is 43.0 Å². The Morgan fingerprint density at radius 2 is 2.26 bits per heavy atom. The molecule has 0 aliphatic carbocycles. The van der Waals surface area contributed by atoms with Crippen molar-refractivity contribution in [3.8, 4) is 5.69 Å². The van der Waals surface area contributed by atoms with Crippen LogP contribution in [0.2, 0.25) is 0 Å². The van der Waals surface area contributed by atoms with Gasteiger partial charge in [-0.15, -0.1) is 0 Å². The van der Waals surface area contributed by atoms with Crippen molar-refractivity contribution in [2.24, 2.45) is 0 Å². The summed E-state index contributed by atoms with van der Waals surface area (Å²) in [6.45, 7) is 1.67. The highest BCUT2D eigenvalue weighted by atomic mass is 16.3. The Morgan fingerprint density at radius 1 is 1.47 bits per heavy atom. The fourth-order valence-corrected chi connectivity index (χ4v) is 1.76. The van der Waals surface area contributed by atoms with E-state index in [-0.39, 0.29) is 5.91 Å². The number of carbonyl (C=O) groups is 1. The zero-order valence-electron chi connectivity index (χ0n) is 10.8. The van der Waals surface area contributed by atoms with Crippen molar-refractivity contribution >= 4 is 11.6 Å². The van der Waals surface area contributed by atoms with Crippen LogP contribution in [0.25, 0.3) is 5.69 Å². The first-order valence-electron chi connectivity index (χ1n) is 6.22. The second-order valence-electron chi connectivity index (χ2n) is 4.42. The third-order valence-corrected chi connectivity index (χ3v) is 2.75. The molecule has 0 radical (unpaired) electrons. The van der Waals surface area contributed by atoms with Gasteiger partial charge in [0.15, 0.2) is 0 Å². The Morgan fingerprint density at radius 3 is 2.95 bits per heavy atom. The number of imidazole rings is 1. The van der Waals surface area contributed by atoms with Gasteiger partial charge in [0.1, 0.15) is 0 Å². The molecule has 0 aliphatic heterocycles. The predicted octanol–water partition coefficient (Wildman–Crippen LogP) is 1.97. The molecule has 1 heterocycles. The van der Waals surface area contributed by atoms with Crippen LogP contribution in [0.3, 0.4) is 0 Å². The number of hydrogen-bond acceptors (Lipinski definition) is 3. The summed E-state index contributed by atoms with van der Waals surface area (Å²) < 4.78 is 1.84. The Balaban J connectivity index is 2.10. The van der Waals surface area contributed by atoms with Crippen LogP contribution < -0.4 is 5.32 Å². The summed E-state index contributed by atoms with van der Waals surface area (Å²) in [5.74, 6) is -0.103. The number of anilines is 1. The number of aliphatic hydroxyl groups is 1. The highest BCUT2D eigenvalue weighted by molar-refractivity contribution is 5.92. The number of aromatic nitrogens is 2. The molecule has 5 heteroatoms. The van der Waals surface area contributed by atoms with E-state index in [1.807, 2.05) is 35.0 Å². The first-order valence-corrected chi connectivity index (χ1v) is 6.22. The predicted molar refractivity (Wildman–Crippen MR) is 73.1 cm³/mol. The van der Waals surface area contributed by atoms with Gasteiger partial charge in [0, 0.05) is 18.8 Å². The molecule has 0 saturated heterocycles. The van der Waals surface area contributed by atoms with E-state index in [2.05, 4.69) is 10.3 Å². The number of aliphatic hydroxyl groups excluding tert-OH is 1. The summed E-state index contributed by atoms with van der Waals surface area (Å²) >= 11 is 0. The summed E-state index contributed by atoms with van der Waals surface area (Å²) in [5.41, 5.74) is 1.60. The first-order chi connectivity index (χ1) is 9.16. The van der Waals surface area contributed by atoms with Crippen molar-refractivity contribution in [1.29, 1.82) is 0 Å². The largest absolute Gasteiger partial charge is 0.393 e. The van der Waals surface area contributed by atoms with Crippen molar-refractivity contribution < 1.29 is 9.90 Å². The molecule has 2 rings (SSSR count). The molecule has 1 atom stereocenters. The van der Waals surface area contributed by atoms with Crippen LogP contribution in [0.5, 0.6) is 0 Å². The number of carbonyl (C=O) groups excluding carboxylic acids is 1. The number of amides is 1. The van der Waals surface area contributed by atoms with Gasteiger partial charge in [-0.3, -0.25) is 4.79 Å². The van der Waals surface area contributed by atoms with Gasteiger partial charge in [0.25, 0.3) is 0 Å². The van der Waals surface area contributed by atoms with Gasteiger partial charge >= 0.3 is 0 Å². The lowest BCUT2D eigenvalue weighted by Crippen LogP contribution is -2.15. The molecule has 1 unspecified atom stereocenters. The minimum atomic E-state index is -0.463. The van der Waals surface area contributed by atoms with E-state index in [0.29, 0.717) is 12.8 Å². The van der Waals surface area contributed by atoms with E-state index < -0.39 is 6.10 Å². The Hall–Kier alpha value is -2.14. The molecule has 5 nitrogen and oxygen atoms in total. The van der Waals surface area contributed by atoms with E-state index in [1.54, 1.807) is 19.4 Å². The SMILES string of the molecule is CC(O)CCC(=O)Nc1ccccc1-n1ccnc1. The second kappa shape index (κ2) is 6.15. The lowest BCUT2D eigenvalue weighted by atomic mass is 10.2. The standard InChI is InChI=1S/C14H17N3O2/c1-11(18)6-7-14(19)16-12-4-2-3-5-13(12)17-9-8-15-10-17/h2-5,8-11,18H,6-7H2,1H3,(H,16,19). The van der Waals surface area contributed by atoms with Crippen LogP contribution in [0, 0.1) is 0 Å². The van der Waals surface area contributed by atoms with Crippen molar-refractivity contribution in [2.75, 3.05) is 5.32 Å². The van der Waals surface area contributed by atoms with Gasteiger partial charge in [-0.05, 0) is 25.5 Å². The lowest BCUT2D eigenvalue weighted by molar-refractivity contribution is -0.116. The van der Waals surface area contributed by atoms with Crippen molar-refractivity contribution in [3.05, 3.63) is 43.0 Å². The molecule has 1 aromatic heterocycles. The van der Waals surface area contributed by atoms with Crippen molar-refractivity contribution in [1.82, 2.24) is 9.55 Å². The minimum Gasteiger partial charge on any atom is -0.393 e. The monoisotopic (exact) mass is 259 g/mol. The van der Waals surface area contributed by atoms with Crippen molar-refractivity contribution in [3.63, 3.8) is 0 Å². The third kappa shape index (κ3) is 3.66. The van der Waals surface area contributed by atoms with Crippen LogP contribution in [-0.4, -0.2) is 26.7 Å². The van der Waals surface area contributed by atoms with Gasteiger partial charge in [0.2, 0.25) is 5.91 Å². The van der Waals surface area contributed by atoms with E-state index in [1.165, 1.54) is 0 Å². The van der Waals surface area contributed by atoms with Gasteiger partial charge in [-0.2, -0.15) is 0 Å². The highest BCUT2D eigenvalue weighted by Gasteiger charge is 2.08. The molecule has 1 aromatic carbocycles. The molecule has 1 amide bonds. The zero-order valence-corrected chi connectivity index (χ0v) is 10.8. The van der Waals surface area contributed by atoms with Gasteiger partial charge in [-0.25, -0.2) is 4.98 Å². The normalized spacial score (nSPS) is 12.1. The number of nitrogens with zero attached hydrogens (tertiary/aromatic N) is 2. The molecule has 0 fully saturated rings. The summed E-state index contributed by atoms with van der Waals surface area (Å²) in [7, 11) is 0. The Bertz CT molecular complexity index is 535. The maximum absolute atomic E-state index is 11.8. The first kappa shape index (κ1) is 13.3. The van der Waals surface area contributed by atoms with E-state index in [0.717, 1.165) is 11.4 Å². The Labute approximate surface area is 111 Å². The average Bonchev–Trinajstić information content (AvgIpc) is 2.91. The third-order valence-electron chi connectivity index (χ3n) is 2.75. The quantitative estimate of drug-likeness (QED) is 0.862. The van der Waals surface area contributed by atoms with E-state index in [4.69, 9.17) is 0 Å². The van der Waals surface area contributed by atoms with Gasteiger partial charge in [0.05, 0.1) is 23.8 Å². The molecule has 0 saturated carbocycles. The average molecular weight is 259 g/mol. The molecule has 0 spiro atoms. The molecule has 0 bridgehead atoms. The lowest BCUT2D eigenvalue weighted by Gasteiger charge is -2.11. The smallest absolute Gasteiger partial charge is 0.224 e. The number of hydrogen-bond donors (Lipinski definition) is 2. The second-order valence-corrected chi connectivity index (χ2v) is 4.42. The summed E-state index contributed by atoms with van der Waals surface area (Å²) in [6, 6.07) is 7.52. The molecule has 2 N–H and O–H groups in total. The number of rotatable bonds is 5. The summed E-state index contributed by atoms with van der Waals surface area (Å²) in [4.78, 5) is 15.8. The highest BCUT2D eigenvalue weighted by Crippen LogP contribution is 2.19. The zero-order chi connectivity index (χ0) is 13.7. The maximum atomic E-state index is 11.8. The summed E-state index contributed by atoms with van der Waals surface area (Å²) in [5, 5.41) is 12.0. The maximum Gasteiger partial charge on any atom is 0.224 e. The minimum absolute atomic E-state index is 0.103. The molecular weight excluding hydrogens is 242 g/mol. The molecular formula is C14H17N3O2. The molecule has 100 valence electrons.